The minimum Gasteiger partial charge on any atom is -0.466 e. The minimum absolute atomic E-state index is 0.0423. The second-order valence-electron chi connectivity index (χ2n) is 5.25. The molecule has 23 heavy (non-hydrogen) atoms. The first-order chi connectivity index (χ1) is 10.9. The van der Waals surface area contributed by atoms with Crippen molar-refractivity contribution in [1.29, 1.82) is 0 Å². The maximum atomic E-state index is 11.9. The largest absolute Gasteiger partial charge is 0.466 e. The van der Waals surface area contributed by atoms with Gasteiger partial charge in [0.1, 0.15) is 11.5 Å². The number of hydrogen-bond donors (Lipinski definition) is 1. The lowest BCUT2D eigenvalue weighted by Crippen LogP contribution is -2.23. The van der Waals surface area contributed by atoms with Gasteiger partial charge in [-0.3, -0.25) is 9.59 Å². The van der Waals surface area contributed by atoms with Crippen LogP contribution < -0.4 is 5.32 Å². The maximum absolute atomic E-state index is 11.9. The molecule has 6 heteroatoms. The van der Waals surface area contributed by atoms with Gasteiger partial charge >= 0.3 is 0 Å². The zero-order valence-corrected chi connectivity index (χ0v) is 14.4. The molecule has 1 amide bonds. The van der Waals surface area contributed by atoms with Crippen LogP contribution in [0.4, 0.5) is 0 Å². The van der Waals surface area contributed by atoms with Crippen LogP contribution in [0.3, 0.4) is 0 Å². The molecule has 0 aliphatic carbocycles. The van der Waals surface area contributed by atoms with Crippen molar-refractivity contribution < 1.29 is 14.0 Å². The highest BCUT2D eigenvalue weighted by Crippen LogP contribution is 2.21. The molecular formula is C17H17Cl2NO3. The summed E-state index contributed by atoms with van der Waals surface area (Å²) >= 11 is 11.9. The number of hydrogen-bond acceptors (Lipinski definition) is 3. The summed E-state index contributed by atoms with van der Waals surface area (Å²) in [6.45, 7) is 3.57. The Morgan fingerprint density at radius 3 is 2.57 bits per heavy atom. The van der Waals surface area contributed by atoms with Gasteiger partial charge in [0.05, 0.1) is 5.56 Å². The highest BCUT2D eigenvalue weighted by Gasteiger charge is 2.12. The predicted molar refractivity (Wildman–Crippen MR) is 90.1 cm³/mol. The molecule has 0 saturated carbocycles. The molecule has 2 rings (SSSR count). The predicted octanol–water partition coefficient (Wildman–Crippen LogP) is 4.35. The third-order valence-corrected chi connectivity index (χ3v) is 4.02. The van der Waals surface area contributed by atoms with E-state index in [2.05, 4.69) is 5.32 Å². The Hall–Kier alpha value is -1.78. The highest BCUT2D eigenvalue weighted by atomic mass is 35.5. The molecule has 0 unspecified atom stereocenters. The van der Waals surface area contributed by atoms with E-state index in [-0.39, 0.29) is 18.1 Å². The molecule has 1 N–H and O–H groups in total. The van der Waals surface area contributed by atoms with Gasteiger partial charge in [-0.15, -0.1) is 0 Å². The molecule has 122 valence electrons. The average molecular weight is 354 g/mol. The maximum Gasteiger partial charge on any atom is 0.220 e. The fourth-order valence-electron chi connectivity index (χ4n) is 2.20. The number of halogens is 2. The van der Waals surface area contributed by atoms with Crippen molar-refractivity contribution in [3.63, 3.8) is 0 Å². The third kappa shape index (κ3) is 4.85. The standard InChI is InChI=1S/C17H17Cl2NO3/c1-10(21)15-8-14(23-11(15)2)5-6-17(22)20-9-12-3-4-13(18)7-16(12)19/h3-4,7-8H,5-6,9H2,1-2H3,(H,20,22). The first kappa shape index (κ1) is 17.6. The Kier molecular flexibility index (Phi) is 5.85. The van der Waals surface area contributed by atoms with Crippen LogP contribution in [0.1, 0.15) is 40.8 Å². The van der Waals surface area contributed by atoms with Crippen LogP contribution in [-0.2, 0) is 17.8 Å². The van der Waals surface area contributed by atoms with Gasteiger partial charge in [-0.1, -0.05) is 29.3 Å². The summed E-state index contributed by atoms with van der Waals surface area (Å²) in [5, 5.41) is 3.87. The number of carbonyl (C=O) groups excluding carboxylic acids is 2. The molecule has 2 aromatic rings. The van der Waals surface area contributed by atoms with Gasteiger partial charge in [-0.2, -0.15) is 0 Å². The zero-order chi connectivity index (χ0) is 17.0. The number of carbonyl (C=O) groups is 2. The molecule has 1 aromatic carbocycles. The van der Waals surface area contributed by atoms with Crippen LogP contribution >= 0.6 is 23.2 Å². The van der Waals surface area contributed by atoms with Gasteiger partial charge < -0.3 is 9.73 Å². The van der Waals surface area contributed by atoms with E-state index in [0.717, 1.165) is 5.56 Å². The van der Waals surface area contributed by atoms with Gasteiger partial charge in [0.2, 0.25) is 5.91 Å². The van der Waals surface area contributed by atoms with E-state index >= 15 is 0 Å². The summed E-state index contributed by atoms with van der Waals surface area (Å²) in [7, 11) is 0. The number of aryl methyl sites for hydroxylation is 2. The molecule has 0 radical (unpaired) electrons. The first-order valence-corrected chi connectivity index (χ1v) is 7.93. The van der Waals surface area contributed by atoms with Crippen LogP contribution in [-0.4, -0.2) is 11.7 Å². The number of rotatable bonds is 6. The second-order valence-corrected chi connectivity index (χ2v) is 6.09. The topological polar surface area (TPSA) is 59.3 Å². The van der Waals surface area contributed by atoms with E-state index in [1.807, 2.05) is 0 Å². The Morgan fingerprint density at radius 2 is 1.96 bits per heavy atom. The Balaban J connectivity index is 1.85. The summed E-state index contributed by atoms with van der Waals surface area (Å²) in [4.78, 5) is 23.3. The van der Waals surface area contributed by atoms with Crippen LogP contribution in [0.25, 0.3) is 0 Å². The summed E-state index contributed by atoms with van der Waals surface area (Å²) in [5.74, 6) is 1.06. The molecule has 1 heterocycles. The van der Waals surface area contributed by atoms with E-state index in [4.69, 9.17) is 27.6 Å². The van der Waals surface area contributed by atoms with Crippen molar-refractivity contribution in [1.82, 2.24) is 5.32 Å². The van der Waals surface area contributed by atoms with Crippen molar-refractivity contribution in [2.45, 2.75) is 33.2 Å². The molecule has 4 nitrogen and oxygen atoms in total. The quantitative estimate of drug-likeness (QED) is 0.785. The number of furan rings is 1. The molecule has 0 saturated heterocycles. The average Bonchev–Trinajstić information content (AvgIpc) is 2.85. The molecule has 0 bridgehead atoms. The lowest BCUT2D eigenvalue weighted by molar-refractivity contribution is -0.121. The van der Waals surface area contributed by atoms with Crippen molar-refractivity contribution in [2.24, 2.45) is 0 Å². The lowest BCUT2D eigenvalue weighted by atomic mass is 10.1. The van der Waals surface area contributed by atoms with Gasteiger partial charge in [0.15, 0.2) is 5.78 Å². The SMILES string of the molecule is CC(=O)c1cc(CCC(=O)NCc2ccc(Cl)cc2Cl)oc1C. The molecule has 0 aliphatic heterocycles. The summed E-state index contributed by atoms with van der Waals surface area (Å²) in [6, 6.07) is 6.84. The monoisotopic (exact) mass is 353 g/mol. The van der Waals surface area contributed by atoms with E-state index in [0.29, 0.717) is 40.1 Å². The fourth-order valence-corrected chi connectivity index (χ4v) is 2.68. The number of amides is 1. The van der Waals surface area contributed by atoms with E-state index in [1.165, 1.54) is 6.92 Å². The Labute approximate surface area is 144 Å². The third-order valence-electron chi connectivity index (χ3n) is 3.44. The van der Waals surface area contributed by atoms with Gasteiger partial charge in [0, 0.05) is 29.4 Å². The van der Waals surface area contributed by atoms with Crippen LogP contribution in [0, 0.1) is 6.92 Å². The van der Waals surface area contributed by atoms with Crippen LogP contribution in [0.5, 0.6) is 0 Å². The Bertz CT molecular complexity index is 737. The van der Waals surface area contributed by atoms with Gasteiger partial charge in [-0.05, 0) is 37.6 Å². The van der Waals surface area contributed by atoms with Crippen molar-refractivity contribution >= 4 is 34.9 Å². The summed E-state index contributed by atoms with van der Waals surface area (Å²) in [6.07, 6.45) is 0.712. The molecule has 0 aliphatic rings. The van der Waals surface area contributed by atoms with Crippen LogP contribution in [0.15, 0.2) is 28.7 Å². The van der Waals surface area contributed by atoms with Crippen LogP contribution in [0.2, 0.25) is 10.0 Å². The van der Waals surface area contributed by atoms with Gasteiger partial charge in [-0.25, -0.2) is 0 Å². The van der Waals surface area contributed by atoms with Crippen molar-refractivity contribution in [3.8, 4) is 0 Å². The first-order valence-electron chi connectivity index (χ1n) is 7.17. The number of benzene rings is 1. The zero-order valence-electron chi connectivity index (χ0n) is 12.9. The number of ketones is 1. The highest BCUT2D eigenvalue weighted by molar-refractivity contribution is 6.35. The van der Waals surface area contributed by atoms with E-state index in [1.54, 1.807) is 31.2 Å². The molecule has 0 atom stereocenters. The number of nitrogens with one attached hydrogen (secondary N) is 1. The lowest BCUT2D eigenvalue weighted by Gasteiger charge is -2.07. The van der Waals surface area contributed by atoms with Gasteiger partial charge in [0.25, 0.3) is 0 Å². The molecule has 0 fully saturated rings. The molecule has 1 aromatic heterocycles. The smallest absolute Gasteiger partial charge is 0.220 e. The van der Waals surface area contributed by atoms with E-state index in [9.17, 15) is 9.59 Å². The van der Waals surface area contributed by atoms with Crippen molar-refractivity contribution in [3.05, 3.63) is 57.0 Å². The second kappa shape index (κ2) is 7.66. The number of Topliss-reactive ketones (excluding diaryl/α,β-unsaturated/α-hetero) is 1. The normalized spacial score (nSPS) is 10.6. The Morgan fingerprint density at radius 1 is 1.22 bits per heavy atom. The molecule has 0 spiro atoms. The summed E-state index contributed by atoms with van der Waals surface area (Å²) in [5.41, 5.74) is 1.37. The minimum atomic E-state index is -0.116. The van der Waals surface area contributed by atoms with E-state index < -0.39 is 0 Å². The summed E-state index contributed by atoms with van der Waals surface area (Å²) < 4.78 is 5.48. The fraction of sp³-hybridized carbons (Fsp3) is 0.294. The van der Waals surface area contributed by atoms with Crippen molar-refractivity contribution in [2.75, 3.05) is 0 Å². The molecular weight excluding hydrogens is 337 g/mol.